The zero-order valence-electron chi connectivity index (χ0n) is 13.5. The molecule has 0 bridgehead atoms. The zero-order valence-corrected chi connectivity index (χ0v) is 13.5. The van der Waals surface area contributed by atoms with Gasteiger partial charge in [0.25, 0.3) is 0 Å². The molecule has 0 spiro atoms. The normalized spacial score (nSPS) is 22.5. The molecule has 3 nitrogen and oxygen atoms in total. The van der Waals surface area contributed by atoms with E-state index in [0.29, 0.717) is 6.04 Å². The quantitative estimate of drug-likeness (QED) is 0.915. The summed E-state index contributed by atoms with van der Waals surface area (Å²) in [7, 11) is 2.23. The molecule has 0 aromatic heterocycles. The Balaban J connectivity index is 1.54. The van der Waals surface area contributed by atoms with Gasteiger partial charge in [0.2, 0.25) is 0 Å². The molecule has 1 aromatic rings. The molecular weight excluding hydrogens is 258 g/mol. The maximum Gasteiger partial charge on any atom is 0.0367 e. The summed E-state index contributed by atoms with van der Waals surface area (Å²) in [6.45, 7) is 7.26. The third kappa shape index (κ3) is 3.70. The average Bonchev–Trinajstić information content (AvgIpc) is 3.03. The number of anilines is 2. The minimum absolute atomic E-state index is 0.566. The lowest BCUT2D eigenvalue weighted by molar-refractivity contribution is 0.208. The van der Waals surface area contributed by atoms with Crippen molar-refractivity contribution < 1.29 is 0 Å². The van der Waals surface area contributed by atoms with Crippen LogP contribution in [0.25, 0.3) is 0 Å². The molecule has 0 aliphatic carbocycles. The molecular formula is C18H29N3. The van der Waals surface area contributed by atoms with Crippen molar-refractivity contribution >= 4 is 11.4 Å². The van der Waals surface area contributed by atoms with Crippen LogP contribution in [-0.2, 0) is 0 Å². The van der Waals surface area contributed by atoms with Crippen molar-refractivity contribution in [1.82, 2.24) is 4.90 Å². The Hall–Kier alpha value is -1.22. The minimum Gasteiger partial charge on any atom is -0.382 e. The SMILES string of the molecule is CC(Nc1ccc(N2CCCC2)cc1)C1CCN(C)CC1. The van der Waals surface area contributed by atoms with Gasteiger partial charge in [0.15, 0.2) is 0 Å². The number of hydrogen-bond acceptors (Lipinski definition) is 3. The molecule has 2 aliphatic rings. The number of nitrogens with zero attached hydrogens (tertiary/aromatic N) is 2. The number of benzene rings is 1. The molecule has 3 rings (SSSR count). The van der Waals surface area contributed by atoms with E-state index in [1.807, 2.05) is 0 Å². The van der Waals surface area contributed by atoms with Crippen LogP contribution < -0.4 is 10.2 Å². The van der Waals surface area contributed by atoms with Gasteiger partial charge >= 0.3 is 0 Å². The van der Waals surface area contributed by atoms with Crippen LogP contribution >= 0.6 is 0 Å². The second-order valence-corrected chi connectivity index (χ2v) is 6.81. The number of likely N-dealkylation sites (tertiary alicyclic amines) is 1. The summed E-state index contributed by atoms with van der Waals surface area (Å²) in [5.41, 5.74) is 2.65. The van der Waals surface area contributed by atoms with Crippen LogP contribution in [0.5, 0.6) is 0 Å². The minimum atomic E-state index is 0.566. The molecule has 2 heterocycles. The summed E-state index contributed by atoms with van der Waals surface area (Å²) >= 11 is 0. The number of hydrogen-bond donors (Lipinski definition) is 1. The van der Waals surface area contributed by atoms with Gasteiger partial charge in [-0.15, -0.1) is 0 Å². The van der Waals surface area contributed by atoms with Gasteiger partial charge < -0.3 is 15.1 Å². The monoisotopic (exact) mass is 287 g/mol. The van der Waals surface area contributed by atoms with Gasteiger partial charge in [-0.1, -0.05) is 0 Å². The lowest BCUT2D eigenvalue weighted by Crippen LogP contribution is -2.37. The van der Waals surface area contributed by atoms with Crippen molar-refractivity contribution in [2.45, 2.75) is 38.6 Å². The Morgan fingerprint density at radius 1 is 1.00 bits per heavy atom. The van der Waals surface area contributed by atoms with Gasteiger partial charge in [0.05, 0.1) is 0 Å². The van der Waals surface area contributed by atoms with Crippen molar-refractivity contribution in [2.24, 2.45) is 5.92 Å². The Morgan fingerprint density at radius 3 is 2.24 bits per heavy atom. The summed E-state index contributed by atoms with van der Waals surface area (Å²) in [6.07, 6.45) is 5.31. The fourth-order valence-corrected chi connectivity index (χ4v) is 3.65. The second-order valence-electron chi connectivity index (χ2n) is 6.81. The molecule has 1 N–H and O–H groups in total. The van der Waals surface area contributed by atoms with Crippen LogP contribution in [0.4, 0.5) is 11.4 Å². The fraction of sp³-hybridized carbons (Fsp3) is 0.667. The van der Waals surface area contributed by atoms with Crippen LogP contribution in [0.2, 0.25) is 0 Å². The molecule has 2 aliphatic heterocycles. The summed E-state index contributed by atoms with van der Waals surface area (Å²) in [5.74, 6) is 0.805. The van der Waals surface area contributed by atoms with E-state index < -0.39 is 0 Å². The molecule has 2 saturated heterocycles. The van der Waals surface area contributed by atoms with E-state index in [2.05, 4.69) is 53.4 Å². The maximum absolute atomic E-state index is 3.71. The summed E-state index contributed by atoms with van der Waals surface area (Å²) < 4.78 is 0. The van der Waals surface area contributed by atoms with E-state index in [4.69, 9.17) is 0 Å². The molecule has 1 aromatic carbocycles. The molecule has 1 atom stereocenters. The zero-order chi connectivity index (χ0) is 14.7. The lowest BCUT2D eigenvalue weighted by Gasteiger charge is -2.33. The highest BCUT2D eigenvalue weighted by atomic mass is 15.1. The largest absolute Gasteiger partial charge is 0.382 e. The first kappa shape index (κ1) is 14.7. The van der Waals surface area contributed by atoms with Crippen LogP contribution in [0.1, 0.15) is 32.6 Å². The first-order valence-corrected chi connectivity index (χ1v) is 8.52. The first-order chi connectivity index (χ1) is 10.2. The maximum atomic E-state index is 3.71. The highest BCUT2D eigenvalue weighted by molar-refractivity contribution is 5.55. The number of nitrogens with one attached hydrogen (secondary N) is 1. The van der Waals surface area contributed by atoms with Crippen molar-refractivity contribution in [3.63, 3.8) is 0 Å². The van der Waals surface area contributed by atoms with Gasteiger partial charge in [-0.05, 0) is 82.9 Å². The molecule has 2 fully saturated rings. The van der Waals surface area contributed by atoms with Gasteiger partial charge in [0, 0.05) is 30.5 Å². The van der Waals surface area contributed by atoms with E-state index >= 15 is 0 Å². The predicted octanol–water partition coefficient (Wildman–Crippen LogP) is 3.43. The Bertz CT molecular complexity index is 428. The van der Waals surface area contributed by atoms with Crippen LogP contribution in [0.3, 0.4) is 0 Å². The highest BCUT2D eigenvalue weighted by Crippen LogP contribution is 2.25. The van der Waals surface area contributed by atoms with Gasteiger partial charge in [-0.3, -0.25) is 0 Å². The Labute approximate surface area is 129 Å². The molecule has 0 amide bonds. The summed E-state index contributed by atoms with van der Waals surface area (Å²) in [5, 5.41) is 3.71. The molecule has 21 heavy (non-hydrogen) atoms. The third-order valence-corrected chi connectivity index (χ3v) is 5.20. The Kier molecular flexibility index (Phi) is 4.69. The van der Waals surface area contributed by atoms with E-state index in [0.717, 1.165) is 5.92 Å². The number of piperidine rings is 1. The van der Waals surface area contributed by atoms with Crippen molar-refractivity contribution in [1.29, 1.82) is 0 Å². The summed E-state index contributed by atoms with van der Waals surface area (Å²) in [6, 6.07) is 9.61. The van der Waals surface area contributed by atoms with Crippen molar-refractivity contribution in [3.05, 3.63) is 24.3 Å². The molecule has 0 radical (unpaired) electrons. The van der Waals surface area contributed by atoms with Crippen LogP contribution in [0.15, 0.2) is 24.3 Å². The Morgan fingerprint density at radius 2 is 1.62 bits per heavy atom. The molecule has 1 unspecified atom stereocenters. The molecule has 116 valence electrons. The third-order valence-electron chi connectivity index (χ3n) is 5.20. The van der Waals surface area contributed by atoms with E-state index in [-0.39, 0.29) is 0 Å². The average molecular weight is 287 g/mol. The highest BCUT2D eigenvalue weighted by Gasteiger charge is 2.22. The lowest BCUT2D eigenvalue weighted by atomic mass is 9.90. The molecule has 0 saturated carbocycles. The van der Waals surface area contributed by atoms with Gasteiger partial charge in [-0.25, -0.2) is 0 Å². The first-order valence-electron chi connectivity index (χ1n) is 8.52. The fourth-order valence-electron chi connectivity index (χ4n) is 3.65. The standard InChI is InChI=1S/C18H29N3/c1-15(16-9-13-20(2)14-10-16)19-17-5-7-18(8-6-17)21-11-3-4-12-21/h5-8,15-16,19H,3-4,9-14H2,1-2H3. The molecule has 3 heteroatoms. The predicted molar refractivity (Wildman–Crippen MR) is 91.2 cm³/mol. The van der Waals surface area contributed by atoms with E-state index in [1.54, 1.807) is 0 Å². The van der Waals surface area contributed by atoms with Crippen molar-refractivity contribution in [3.8, 4) is 0 Å². The van der Waals surface area contributed by atoms with E-state index in [1.165, 1.54) is 63.2 Å². The summed E-state index contributed by atoms with van der Waals surface area (Å²) in [4.78, 5) is 4.93. The smallest absolute Gasteiger partial charge is 0.0367 e. The number of rotatable bonds is 4. The van der Waals surface area contributed by atoms with Gasteiger partial charge in [0.1, 0.15) is 0 Å². The second kappa shape index (κ2) is 6.69. The van der Waals surface area contributed by atoms with Gasteiger partial charge in [-0.2, -0.15) is 0 Å². The van der Waals surface area contributed by atoms with E-state index in [9.17, 15) is 0 Å². The van der Waals surface area contributed by atoms with Crippen molar-refractivity contribution in [2.75, 3.05) is 43.4 Å². The topological polar surface area (TPSA) is 18.5 Å². The van der Waals surface area contributed by atoms with Crippen LogP contribution in [-0.4, -0.2) is 44.2 Å². The van der Waals surface area contributed by atoms with Crippen LogP contribution in [0, 0.1) is 5.92 Å².